The number of nitrogens with zero attached hydrogens (tertiary/aromatic N) is 2. The minimum Gasteiger partial charge on any atom is -0.369 e. The van der Waals surface area contributed by atoms with E-state index in [1.807, 2.05) is 24.3 Å². The van der Waals surface area contributed by atoms with Crippen molar-refractivity contribution in [2.24, 2.45) is 16.6 Å². The van der Waals surface area contributed by atoms with Gasteiger partial charge in [0.2, 0.25) is 5.91 Å². The second kappa shape index (κ2) is 14.0. The van der Waals surface area contributed by atoms with Crippen LogP contribution in [0.25, 0.3) is 0 Å². The molecule has 0 unspecified atom stereocenters. The number of piperidine rings is 1. The molecule has 158 valence electrons. The number of halogens is 2. The van der Waals surface area contributed by atoms with Gasteiger partial charge in [0.05, 0.1) is 0 Å². The number of nitrogens with one attached hydrogen (secondary N) is 2. The van der Waals surface area contributed by atoms with Gasteiger partial charge in [0.25, 0.3) is 0 Å². The average molecular weight is 522 g/mol. The van der Waals surface area contributed by atoms with Gasteiger partial charge >= 0.3 is 0 Å². The van der Waals surface area contributed by atoms with Gasteiger partial charge in [-0.1, -0.05) is 23.7 Å². The Balaban J connectivity index is 0.00000392. The molecule has 0 bridgehead atoms. The predicted molar refractivity (Wildman–Crippen MR) is 128 cm³/mol. The number of amides is 1. The minimum atomic E-state index is -0.145. The third-order valence-electron chi connectivity index (χ3n) is 5.03. The zero-order chi connectivity index (χ0) is 19.5. The highest BCUT2D eigenvalue weighted by Gasteiger charge is 2.22. The van der Waals surface area contributed by atoms with Crippen LogP contribution in [0, 0.1) is 5.92 Å². The van der Waals surface area contributed by atoms with Crippen molar-refractivity contribution >= 4 is 47.4 Å². The van der Waals surface area contributed by atoms with Gasteiger partial charge in [-0.25, -0.2) is 0 Å². The van der Waals surface area contributed by atoms with E-state index < -0.39 is 0 Å². The number of primary amides is 1. The molecule has 0 radical (unpaired) electrons. The first-order chi connectivity index (χ1) is 13.1. The van der Waals surface area contributed by atoms with E-state index in [0.29, 0.717) is 0 Å². The number of aliphatic imine (C=N–C) groups is 1. The molecule has 1 amide bonds. The summed E-state index contributed by atoms with van der Waals surface area (Å²) in [5.74, 6) is 0.769. The van der Waals surface area contributed by atoms with Crippen LogP contribution < -0.4 is 16.4 Å². The van der Waals surface area contributed by atoms with Crippen LogP contribution >= 0.6 is 35.6 Å². The molecule has 0 aromatic heterocycles. The fourth-order valence-corrected chi connectivity index (χ4v) is 3.43. The summed E-state index contributed by atoms with van der Waals surface area (Å²) in [6.45, 7) is 4.77. The molecule has 4 N–H and O–H groups in total. The Hall–Kier alpha value is -1.06. The highest BCUT2D eigenvalue weighted by molar-refractivity contribution is 14.0. The third-order valence-corrected chi connectivity index (χ3v) is 5.28. The molecular formula is C20H33ClIN5O. The quantitative estimate of drug-likeness (QED) is 0.202. The molecule has 2 rings (SSSR count). The van der Waals surface area contributed by atoms with E-state index in [1.54, 1.807) is 7.05 Å². The van der Waals surface area contributed by atoms with Gasteiger partial charge in [-0.15, -0.1) is 24.0 Å². The summed E-state index contributed by atoms with van der Waals surface area (Å²) in [6.07, 6.45) is 4.96. The van der Waals surface area contributed by atoms with E-state index >= 15 is 0 Å². The largest absolute Gasteiger partial charge is 0.369 e. The summed E-state index contributed by atoms with van der Waals surface area (Å²) < 4.78 is 0. The van der Waals surface area contributed by atoms with Gasteiger partial charge < -0.3 is 21.3 Å². The molecule has 1 saturated heterocycles. The number of carbonyl (C=O) groups excluding carboxylic acids is 1. The summed E-state index contributed by atoms with van der Waals surface area (Å²) in [7, 11) is 1.79. The molecule has 1 aliphatic heterocycles. The first-order valence-corrected chi connectivity index (χ1v) is 10.2. The van der Waals surface area contributed by atoms with Crippen molar-refractivity contribution in [1.29, 1.82) is 0 Å². The Morgan fingerprint density at radius 2 is 1.82 bits per heavy atom. The number of rotatable bonds is 9. The van der Waals surface area contributed by atoms with E-state index in [9.17, 15) is 4.79 Å². The van der Waals surface area contributed by atoms with Crippen LogP contribution in [-0.4, -0.2) is 56.5 Å². The summed E-state index contributed by atoms with van der Waals surface area (Å²) in [4.78, 5) is 17.9. The summed E-state index contributed by atoms with van der Waals surface area (Å²) in [6, 6.07) is 7.93. The maximum atomic E-state index is 11.2. The molecule has 0 atom stereocenters. The lowest BCUT2D eigenvalue weighted by molar-refractivity contribution is -0.123. The van der Waals surface area contributed by atoms with Crippen LogP contribution in [0.4, 0.5) is 0 Å². The Labute approximate surface area is 190 Å². The van der Waals surface area contributed by atoms with Crippen LogP contribution in [-0.2, 0) is 11.2 Å². The monoisotopic (exact) mass is 521 g/mol. The van der Waals surface area contributed by atoms with Crippen LogP contribution in [0.1, 0.15) is 31.2 Å². The molecule has 0 aliphatic carbocycles. The van der Waals surface area contributed by atoms with Crippen molar-refractivity contribution in [2.75, 3.05) is 39.8 Å². The van der Waals surface area contributed by atoms with E-state index in [1.165, 1.54) is 5.56 Å². The Morgan fingerprint density at radius 3 is 2.43 bits per heavy atom. The van der Waals surface area contributed by atoms with Gasteiger partial charge in [0.1, 0.15) is 0 Å². The van der Waals surface area contributed by atoms with Gasteiger partial charge in [-0.2, -0.15) is 0 Å². The number of hydrogen-bond acceptors (Lipinski definition) is 3. The second-order valence-electron chi connectivity index (χ2n) is 7.03. The van der Waals surface area contributed by atoms with Gasteiger partial charge in [0.15, 0.2) is 5.96 Å². The molecule has 0 spiro atoms. The molecule has 0 saturated carbocycles. The van der Waals surface area contributed by atoms with E-state index in [2.05, 4.69) is 20.5 Å². The molecular weight excluding hydrogens is 489 g/mol. The van der Waals surface area contributed by atoms with E-state index in [-0.39, 0.29) is 35.8 Å². The van der Waals surface area contributed by atoms with E-state index in [0.717, 1.165) is 75.8 Å². The van der Waals surface area contributed by atoms with Crippen LogP contribution in [0.5, 0.6) is 0 Å². The molecule has 28 heavy (non-hydrogen) atoms. The van der Waals surface area contributed by atoms with Crippen molar-refractivity contribution < 1.29 is 4.79 Å². The first kappa shape index (κ1) is 25.0. The number of guanidine groups is 1. The lowest BCUT2D eigenvalue weighted by atomic mass is 9.96. The lowest BCUT2D eigenvalue weighted by Gasteiger charge is -2.30. The van der Waals surface area contributed by atoms with Crippen molar-refractivity contribution in [3.05, 3.63) is 34.9 Å². The number of hydrogen-bond donors (Lipinski definition) is 3. The highest BCUT2D eigenvalue weighted by Crippen LogP contribution is 2.16. The van der Waals surface area contributed by atoms with Crippen LogP contribution in [0.15, 0.2) is 29.3 Å². The van der Waals surface area contributed by atoms with Crippen molar-refractivity contribution in [3.8, 4) is 0 Å². The fourth-order valence-electron chi connectivity index (χ4n) is 3.31. The van der Waals surface area contributed by atoms with Gasteiger partial charge in [0, 0.05) is 31.1 Å². The summed E-state index contributed by atoms with van der Waals surface area (Å²) in [5.41, 5.74) is 6.63. The molecule has 1 fully saturated rings. The van der Waals surface area contributed by atoms with Crippen LogP contribution in [0.2, 0.25) is 5.02 Å². The van der Waals surface area contributed by atoms with Crippen molar-refractivity contribution in [1.82, 2.24) is 15.5 Å². The number of carbonyl (C=O) groups is 1. The third kappa shape index (κ3) is 9.43. The summed E-state index contributed by atoms with van der Waals surface area (Å²) in [5, 5.41) is 7.47. The number of unbranched alkanes of at least 4 members (excludes halogenated alkanes) is 1. The zero-order valence-electron chi connectivity index (χ0n) is 16.6. The maximum Gasteiger partial charge on any atom is 0.220 e. The van der Waals surface area contributed by atoms with Gasteiger partial charge in [-0.05, 0) is 69.4 Å². The Morgan fingerprint density at radius 1 is 1.18 bits per heavy atom. The smallest absolute Gasteiger partial charge is 0.220 e. The first-order valence-electron chi connectivity index (χ1n) is 9.79. The zero-order valence-corrected chi connectivity index (χ0v) is 19.7. The fraction of sp³-hybridized carbons (Fsp3) is 0.600. The second-order valence-corrected chi connectivity index (χ2v) is 7.46. The number of benzene rings is 1. The molecule has 6 nitrogen and oxygen atoms in total. The minimum absolute atomic E-state index is 0. The molecule has 1 aliphatic rings. The van der Waals surface area contributed by atoms with Gasteiger partial charge in [-0.3, -0.25) is 9.79 Å². The molecule has 1 heterocycles. The normalized spacial score (nSPS) is 15.7. The standard InChI is InChI=1S/C20H32ClN5O.HI/c1-23-20(25-12-8-16-4-6-18(21)7-5-16)24-11-2-3-13-26-14-9-17(10-15-26)19(22)27;/h4-7,17H,2-3,8-15H2,1H3,(H2,22,27)(H2,23,24,25);1H. The SMILES string of the molecule is CN=C(NCCCCN1CCC(C(N)=O)CC1)NCCc1ccc(Cl)cc1.I. The maximum absolute atomic E-state index is 11.2. The van der Waals surface area contributed by atoms with Crippen molar-refractivity contribution in [3.63, 3.8) is 0 Å². The molecule has 1 aromatic carbocycles. The lowest BCUT2D eigenvalue weighted by Crippen LogP contribution is -2.40. The Bertz CT molecular complexity index is 603. The topological polar surface area (TPSA) is 82.8 Å². The predicted octanol–water partition coefficient (Wildman–Crippen LogP) is 2.64. The molecule has 8 heteroatoms. The van der Waals surface area contributed by atoms with Crippen molar-refractivity contribution in [2.45, 2.75) is 32.1 Å². The van der Waals surface area contributed by atoms with E-state index in [4.69, 9.17) is 17.3 Å². The number of nitrogens with two attached hydrogens (primary N) is 1. The van der Waals surface area contributed by atoms with Crippen LogP contribution in [0.3, 0.4) is 0 Å². The average Bonchev–Trinajstić information content (AvgIpc) is 2.68. The number of likely N-dealkylation sites (tertiary alicyclic amines) is 1. The Kier molecular flexibility index (Phi) is 12.5. The summed E-state index contributed by atoms with van der Waals surface area (Å²) >= 11 is 5.90. The molecule has 1 aromatic rings. The highest BCUT2D eigenvalue weighted by atomic mass is 127.